The summed E-state index contributed by atoms with van der Waals surface area (Å²) in [5.41, 5.74) is 2.19. The molecule has 1 unspecified atom stereocenters. The van der Waals surface area contributed by atoms with Crippen molar-refractivity contribution in [2.45, 2.75) is 19.0 Å². The van der Waals surface area contributed by atoms with Gasteiger partial charge in [0.25, 0.3) is 0 Å². The smallest absolute Gasteiger partial charge is 0.327 e. The van der Waals surface area contributed by atoms with E-state index in [2.05, 4.69) is 16.3 Å². The predicted octanol–water partition coefficient (Wildman–Crippen LogP) is 3.67. The molecule has 3 rings (SSSR count). The molecule has 0 saturated heterocycles. The normalized spacial score (nSPS) is 16.3. The van der Waals surface area contributed by atoms with Gasteiger partial charge in [0.05, 0.1) is 7.11 Å². The zero-order valence-electron chi connectivity index (χ0n) is 11.7. The Morgan fingerprint density at radius 2 is 2.29 bits per heavy atom. The molecule has 0 amide bonds. The summed E-state index contributed by atoms with van der Waals surface area (Å²) >= 11 is 7.86. The minimum Gasteiger partial charge on any atom is -0.468 e. The van der Waals surface area contributed by atoms with Crippen LogP contribution in [-0.2, 0) is 22.5 Å². The number of halogens is 1. The minimum absolute atomic E-state index is 0.240. The molecule has 1 atom stereocenters. The van der Waals surface area contributed by atoms with Gasteiger partial charge in [0.2, 0.25) is 0 Å². The number of thiophene rings is 1. The Morgan fingerprint density at radius 3 is 3.05 bits per heavy atom. The lowest BCUT2D eigenvalue weighted by molar-refractivity contribution is -0.147. The van der Waals surface area contributed by atoms with Crippen LogP contribution in [0, 0.1) is 0 Å². The number of carbonyl (C=O) groups is 1. The van der Waals surface area contributed by atoms with Crippen molar-refractivity contribution in [1.82, 2.24) is 4.90 Å². The molecule has 3 nitrogen and oxygen atoms in total. The molecule has 0 bridgehead atoms. The van der Waals surface area contributed by atoms with Crippen molar-refractivity contribution in [2.24, 2.45) is 0 Å². The van der Waals surface area contributed by atoms with E-state index in [0.717, 1.165) is 25.1 Å². The summed E-state index contributed by atoms with van der Waals surface area (Å²) in [6, 6.07) is 9.18. The van der Waals surface area contributed by atoms with E-state index in [1.165, 1.54) is 17.6 Å². The first-order valence-electron chi connectivity index (χ1n) is 6.81. The SMILES string of the molecule is COC(=O)C(c1cccc(Cl)c1)N1CCc2sccc2C1. The number of esters is 1. The van der Waals surface area contributed by atoms with Gasteiger partial charge in [0, 0.05) is 23.0 Å². The zero-order chi connectivity index (χ0) is 14.8. The lowest BCUT2D eigenvalue weighted by Crippen LogP contribution is -2.38. The van der Waals surface area contributed by atoms with Crippen LogP contribution >= 0.6 is 22.9 Å². The van der Waals surface area contributed by atoms with Gasteiger partial charge in [-0.05, 0) is 41.1 Å². The summed E-state index contributed by atoms with van der Waals surface area (Å²) in [6.45, 7) is 1.62. The van der Waals surface area contributed by atoms with Gasteiger partial charge < -0.3 is 4.74 Å². The van der Waals surface area contributed by atoms with Crippen LogP contribution in [0.3, 0.4) is 0 Å². The van der Waals surface area contributed by atoms with E-state index < -0.39 is 6.04 Å². The average molecular weight is 322 g/mol. The van der Waals surface area contributed by atoms with Crippen LogP contribution in [0.15, 0.2) is 35.7 Å². The average Bonchev–Trinajstić information content (AvgIpc) is 2.95. The zero-order valence-corrected chi connectivity index (χ0v) is 13.3. The highest BCUT2D eigenvalue weighted by molar-refractivity contribution is 7.10. The number of methoxy groups -OCH3 is 1. The third-order valence-electron chi connectivity index (χ3n) is 3.79. The first-order chi connectivity index (χ1) is 10.2. The topological polar surface area (TPSA) is 29.5 Å². The summed E-state index contributed by atoms with van der Waals surface area (Å²) in [5.74, 6) is -0.240. The molecule has 21 heavy (non-hydrogen) atoms. The quantitative estimate of drug-likeness (QED) is 0.808. The molecular weight excluding hydrogens is 306 g/mol. The van der Waals surface area contributed by atoms with Crippen molar-refractivity contribution >= 4 is 28.9 Å². The summed E-state index contributed by atoms with van der Waals surface area (Å²) in [6.07, 6.45) is 0.973. The molecule has 2 heterocycles. The van der Waals surface area contributed by atoms with Crippen LogP contribution < -0.4 is 0 Å². The molecule has 0 saturated carbocycles. The maximum Gasteiger partial charge on any atom is 0.327 e. The molecule has 0 radical (unpaired) electrons. The van der Waals surface area contributed by atoms with E-state index in [4.69, 9.17) is 16.3 Å². The Kier molecular flexibility index (Phi) is 4.29. The third kappa shape index (κ3) is 2.98. The van der Waals surface area contributed by atoms with Gasteiger partial charge >= 0.3 is 5.97 Å². The molecule has 110 valence electrons. The summed E-state index contributed by atoms with van der Waals surface area (Å²) in [4.78, 5) is 15.8. The van der Waals surface area contributed by atoms with Crippen molar-refractivity contribution in [1.29, 1.82) is 0 Å². The molecular formula is C16H16ClNO2S. The number of ether oxygens (including phenoxy) is 1. The number of rotatable bonds is 3. The van der Waals surface area contributed by atoms with Crippen molar-refractivity contribution in [3.05, 3.63) is 56.7 Å². The van der Waals surface area contributed by atoms with Crippen molar-refractivity contribution in [3.63, 3.8) is 0 Å². The predicted molar refractivity (Wildman–Crippen MR) is 84.6 cm³/mol. The van der Waals surface area contributed by atoms with Gasteiger partial charge in [-0.1, -0.05) is 23.7 Å². The Bertz CT molecular complexity index is 655. The Morgan fingerprint density at radius 1 is 1.43 bits per heavy atom. The second-order valence-electron chi connectivity index (χ2n) is 5.07. The maximum atomic E-state index is 12.3. The fraction of sp³-hybridized carbons (Fsp3) is 0.312. The number of nitrogens with zero attached hydrogens (tertiary/aromatic N) is 1. The number of fused-ring (bicyclic) bond motifs is 1. The van der Waals surface area contributed by atoms with Crippen molar-refractivity contribution in [2.75, 3.05) is 13.7 Å². The largest absolute Gasteiger partial charge is 0.468 e. The van der Waals surface area contributed by atoms with Crippen LogP contribution in [0.1, 0.15) is 22.0 Å². The van der Waals surface area contributed by atoms with E-state index in [-0.39, 0.29) is 5.97 Å². The Balaban J connectivity index is 1.92. The molecule has 1 aromatic heterocycles. The van der Waals surface area contributed by atoms with Crippen molar-refractivity contribution < 1.29 is 9.53 Å². The molecule has 1 aromatic carbocycles. The van der Waals surface area contributed by atoms with E-state index >= 15 is 0 Å². The van der Waals surface area contributed by atoms with Crippen LogP contribution in [-0.4, -0.2) is 24.5 Å². The van der Waals surface area contributed by atoms with Crippen molar-refractivity contribution in [3.8, 4) is 0 Å². The van der Waals surface area contributed by atoms with Gasteiger partial charge in [-0.25, -0.2) is 4.79 Å². The Labute approximate surface area is 133 Å². The molecule has 1 aliphatic heterocycles. The number of carbonyl (C=O) groups excluding carboxylic acids is 1. The van der Waals surface area contributed by atoms with Crippen LogP contribution in [0.25, 0.3) is 0 Å². The number of benzene rings is 1. The van der Waals surface area contributed by atoms with Crippen LogP contribution in [0.4, 0.5) is 0 Å². The summed E-state index contributed by atoms with van der Waals surface area (Å²) < 4.78 is 5.01. The highest BCUT2D eigenvalue weighted by atomic mass is 35.5. The second kappa shape index (κ2) is 6.18. The fourth-order valence-electron chi connectivity index (χ4n) is 2.77. The minimum atomic E-state index is -0.401. The second-order valence-corrected chi connectivity index (χ2v) is 6.51. The third-order valence-corrected chi connectivity index (χ3v) is 5.05. The lowest BCUT2D eigenvalue weighted by Gasteiger charge is -2.33. The number of hydrogen-bond donors (Lipinski definition) is 0. The van der Waals surface area contributed by atoms with Gasteiger partial charge in [0.15, 0.2) is 0 Å². The Hall–Kier alpha value is -1.36. The molecule has 2 aromatic rings. The molecule has 0 N–H and O–H groups in total. The van der Waals surface area contributed by atoms with Crippen LogP contribution in [0.2, 0.25) is 5.02 Å². The maximum absolute atomic E-state index is 12.3. The van der Waals surface area contributed by atoms with Gasteiger partial charge in [-0.15, -0.1) is 11.3 Å². The fourth-order valence-corrected chi connectivity index (χ4v) is 3.86. The van der Waals surface area contributed by atoms with E-state index in [9.17, 15) is 4.79 Å². The molecule has 0 fully saturated rings. The van der Waals surface area contributed by atoms with E-state index in [1.807, 2.05) is 24.3 Å². The first-order valence-corrected chi connectivity index (χ1v) is 8.07. The highest BCUT2D eigenvalue weighted by Crippen LogP contribution is 2.31. The molecule has 1 aliphatic rings. The first kappa shape index (κ1) is 14.6. The molecule has 0 spiro atoms. The lowest BCUT2D eigenvalue weighted by atomic mass is 10.0. The highest BCUT2D eigenvalue weighted by Gasteiger charge is 2.31. The van der Waals surface area contributed by atoms with Crippen LogP contribution in [0.5, 0.6) is 0 Å². The van der Waals surface area contributed by atoms with Gasteiger partial charge in [-0.2, -0.15) is 0 Å². The molecule has 5 heteroatoms. The molecule has 0 aliphatic carbocycles. The van der Waals surface area contributed by atoms with Gasteiger partial charge in [0.1, 0.15) is 6.04 Å². The number of hydrogen-bond acceptors (Lipinski definition) is 4. The van der Waals surface area contributed by atoms with E-state index in [1.54, 1.807) is 11.3 Å². The standard InChI is InChI=1S/C16H16ClNO2S/c1-20-16(19)15(11-3-2-4-13(17)9-11)18-7-5-14-12(10-18)6-8-21-14/h2-4,6,8-9,15H,5,7,10H2,1H3. The monoisotopic (exact) mass is 321 g/mol. The summed E-state index contributed by atoms with van der Waals surface area (Å²) in [7, 11) is 1.43. The van der Waals surface area contributed by atoms with Gasteiger partial charge in [-0.3, -0.25) is 4.90 Å². The summed E-state index contributed by atoms with van der Waals surface area (Å²) in [5, 5.41) is 2.75. The van der Waals surface area contributed by atoms with E-state index in [0.29, 0.717) is 5.02 Å².